The molecule has 1 rings (SSSR count). The molecule has 0 aliphatic heterocycles. The molecule has 0 aliphatic rings. The van der Waals surface area contributed by atoms with Crippen LogP contribution in [-0.2, 0) is 10.9 Å². The van der Waals surface area contributed by atoms with E-state index in [9.17, 15) is 4.79 Å². The zero-order chi connectivity index (χ0) is 17.8. The first-order valence-electron chi connectivity index (χ1n) is 9.72. The van der Waals surface area contributed by atoms with Crippen LogP contribution >= 0.6 is 7.26 Å². The summed E-state index contributed by atoms with van der Waals surface area (Å²) >= 11 is 0. The molecule has 25 heavy (non-hydrogen) atoms. The van der Waals surface area contributed by atoms with E-state index in [1.54, 1.807) is 0 Å². The van der Waals surface area contributed by atoms with E-state index in [2.05, 4.69) is 39.8 Å². The quantitative estimate of drug-likeness (QED) is 0.288. The van der Waals surface area contributed by atoms with Gasteiger partial charge in [0.2, 0.25) is 0 Å². The van der Waals surface area contributed by atoms with Crippen molar-refractivity contribution in [3.05, 3.63) is 35.4 Å². The van der Waals surface area contributed by atoms with Gasteiger partial charge in [-0.05, 0) is 31.7 Å². The molecule has 0 fully saturated rings. The molecule has 0 atom stereocenters. The van der Waals surface area contributed by atoms with E-state index in [1.807, 2.05) is 12.1 Å². The van der Waals surface area contributed by atoms with Crippen molar-refractivity contribution in [3.63, 3.8) is 0 Å². The summed E-state index contributed by atoms with van der Waals surface area (Å²) in [6.45, 7) is 9.53. The predicted molar refractivity (Wildman–Crippen MR) is 108 cm³/mol. The third kappa shape index (κ3) is 8.22. The molecule has 0 N–H and O–H groups in total. The first-order chi connectivity index (χ1) is 11.6. The summed E-state index contributed by atoms with van der Waals surface area (Å²) < 4.78 is 5.48. The van der Waals surface area contributed by atoms with Gasteiger partial charge in [-0.3, -0.25) is 0 Å². The van der Waals surface area contributed by atoms with Gasteiger partial charge in [-0.2, -0.15) is 0 Å². The molecular weight excluding hydrogens is 395 g/mol. The number of ether oxygens (including phenoxy) is 1. The van der Waals surface area contributed by atoms with Gasteiger partial charge in [0, 0.05) is 12.8 Å². The van der Waals surface area contributed by atoms with Crippen LogP contribution in [-0.4, -0.2) is 31.1 Å². The van der Waals surface area contributed by atoms with Crippen LogP contribution in [0.4, 0.5) is 0 Å². The van der Waals surface area contributed by atoms with Crippen LogP contribution < -0.4 is 17.0 Å². The highest BCUT2D eigenvalue weighted by Crippen LogP contribution is 2.62. The molecular formula is C21H36BrO2P. The topological polar surface area (TPSA) is 26.3 Å². The van der Waals surface area contributed by atoms with E-state index in [0.717, 1.165) is 24.6 Å². The Morgan fingerprint density at radius 3 is 2.00 bits per heavy atom. The average Bonchev–Trinajstić information content (AvgIpc) is 2.56. The first kappa shape index (κ1) is 24.6. The summed E-state index contributed by atoms with van der Waals surface area (Å²) in [5.74, 6) is -0.137. The van der Waals surface area contributed by atoms with Gasteiger partial charge in [-0.1, -0.05) is 52.3 Å². The zero-order valence-electron chi connectivity index (χ0n) is 16.5. The SMILES string of the molecule is CCCCOC(=O)c1ccccc1C[P+](CCC)(CCC)CCC.[Br-]. The molecule has 1 aromatic rings. The smallest absolute Gasteiger partial charge is 0.338 e. The molecule has 0 radical (unpaired) electrons. The van der Waals surface area contributed by atoms with Gasteiger partial charge in [-0.15, -0.1) is 0 Å². The van der Waals surface area contributed by atoms with Crippen molar-refractivity contribution >= 4 is 13.2 Å². The maximum absolute atomic E-state index is 12.5. The zero-order valence-corrected chi connectivity index (χ0v) is 19.0. The fourth-order valence-electron chi connectivity index (χ4n) is 3.60. The summed E-state index contributed by atoms with van der Waals surface area (Å²) in [5, 5.41) is 0. The van der Waals surface area contributed by atoms with E-state index < -0.39 is 7.26 Å². The van der Waals surface area contributed by atoms with Crippen molar-refractivity contribution in [2.75, 3.05) is 25.1 Å². The van der Waals surface area contributed by atoms with Gasteiger partial charge >= 0.3 is 5.97 Å². The molecule has 0 saturated heterocycles. The third-order valence-electron chi connectivity index (χ3n) is 4.57. The minimum absolute atomic E-state index is 0. The van der Waals surface area contributed by atoms with Crippen molar-refractivity contribution in [2.45, 2.75) is 66.0 Å². The molecule has 4 heteroatoms. The summed E-state index contributed by atoms with van der Waals surface area (Å²) in [7, 11) is -1.02. The Labute approximate surface area is 166 Å². The molecule has 144 valence electrons. The molecule has 0 heterocycles. The minimum Gasteiger partial charge on any atom is -1.00 e. The lowest BCUT2D eigenvalue weighted by molar-refractivity contribution is -0.0000241. The summed E-state index contributed by atoms with van der Waals surface area (Å²) in [4.78, 5) is 12.5. The number of unbranched alkanes of at least 4 members (excludes halogenated alkanes) is 1. The van der Waals surface area contributed by atoms with E-state index in [-0.39, 0.29) is 23.0 Å². The molecule has 0 aromatic heterocycles. The maximum atomic E-state index is 12.5. The Hall–Kier alpha value is -0.400. The molecule has 0 amide bonds. The molecule has 0 spiro atoms. The second-order valence-electron chi connectivity index (χ2n) is 6.82. The molecule has 0 saturated carbocycles. The van der Waals surface area contributed by atoms with Crippen LogP contribution in [0.1, 0.15) is 75.7 Å². The highest BCUT2D eigenvalue weighted by Gasteiger charge is 2.36. The van der Waals surface area contributed by atoms with Gasteiger partial charge in [0.25, 0.3) is 0 Å². The highest BCUT2D eigenvalue weighted by atomic mass is 79.9. The van der Waals surface area contributed by atoms with Crippen LogP contribution in [0.3, 0.4) is 0 Å². The van der Waals surface area contributed by atoms with Crippen molar-refractivity contribution in [2.24, 2.45) is 0 Å². The van der Waals surface area contributed by atoms with E-state index in [0.29, 0.717) is 6.61 Å². The van der Waals surface area contributed by atoms with Gasteiger partial charge in [0.15, 0.2) is 0 Å². The molecule has 0 aliphatic carbocycles. The number of hydrogen-bond acceptors (Lipinski definition) is 2. The minimum atomic E-state index is -1.02. The Kier molecular flexibility index (Phi) is 13.5. The largest absolute Gasteiger partial charge is 1.00 e. The van der Waals surface area contributed by atoms with Crippen LogP contribution in [0, 0.1) is 0 Å². The van der Waals surface area contributed by atoms with E-state index in [4.69, 9.17) is 4.74 Å². The number of esters is 1. The number of hydrogen-bond donors (Lipinski definition) is 0. The lowest BCUT2D eigenvalue weighted by atomic mass is 10.1. The summed E-state index contributed by atoms with van der Waals surface area (Å²) in [6, 6.07) is 8.12. The first-order valence-corrected chi connectivity index (χ1v) is 12.3. The molecule has 2 nitrogen and oxygen atoms in total. The Morgan fingerprint density at radius 1 is 0.920 bits per heavy atom. The molecule has 0 bridgehead atoms. The number of carbonyl (C=O) groups excluding carboxylic acids is 1. The summed E-state index contributed by atoms with van der Waals surface area (Å²) in [6.07, 6.45) is 10.8. The number of carbonyl (C=O) groups is 1. The third-order valence-corrected chi connectivity index (χ3v) is 9.77. The second kappa shape index (κ2) is 13.8. The van der Waals surface area contributed by atoms with Crippen molar-refractivity contribution < 1.29 is 26.5 Å². The normalized spacial score (nSPS) is 11.0. The highest BCUT2D eigenvalue weighted by molar-refractivity contribution is 7.75. The van der Waals surface area contributed by atoms with Crippen LogP contribution in [0.15, 0.2) is 24.3 Å². The fraction of sp³-hybridized carbons (Fsp3) is 0.667. The van der Waals surface area contributed by atoms with Crippen molar-refractivity contribution in [1.82, 2.24) is 0 Å². The van der Waals surface area contributed by atoms with E-state index in [1.165, 1.54) is 43.3 Å². The number of benzene rings is 1. The van der Waals surface area contributed by atoms with E-state index >= 15 is 0 Å². The van der Waals surface area contributed by atoms with Crippen molar-refractivity contribution in [1.29, 1.82) is 0 Å². The average molecular weight is 431 g/mol. The second-order valence-corrected chi connectivity index (χ2v) is 11.2. The Bertz CT molecular complexity index is 474. The van der Waals surface area contributed by atoms with Crippen LogP contribution in [0.5, 0.6) is 0 Å². The lowest BCUT2D eigenvalue weighted by Gasteiger charge is -2.27. The maximum Gasteiger partial charge on any atom is 0.338 e. The Morgan fingerprint density at radius 2 is 1.48 bits per heavy atom. The fourth-order valence-corrected chi connectivity index (χ4v) is 8.59. The molecule has 0 unspecified atom stereocenters. The van der Waals surface area contributed by atoms with Gasteiger partial charge < -0.3 is 21.7 Å². The van der Waals surface area contributed by atoms with Crippen LogP contribution in [0.25, 0.3) is 0 Å². The van der Waals surface area contributed by atoms with Gasteiger partial charge in [-0.25, -0.2) is 4.79 Å². The predicted octanol–water partition coefficient (Wildman–Crippen LogP) is 3.40. The van der Waals surface area contributed by atoms with Gasteiger partial charge in [0.1, 0.15) is 0 Å². The number of halogens is 1. The van der Waals surface area contributed by atoms with Gasteiger partial charge in [0.05, 0.1) is 36.8 Å². The molecule has 1 aromatic carbocycles. The Balaban J connectivity index is 0.00000576. The standard InChI is InChI=1S/C21H36O2P.BrH/c1-5-9-14-23-21(22)20-13-11-10-12-19(20)18-24(15-6-2,16-7-3)17-8-4;/h10-13H,5-9,14-18H2,1-4H3;1H/q+1;/p-1. The monoisotopic (exact) mass is 430 g/mol. The number of rotatable bonds is 12. The lowest BCUT2D eigenvalue weighted by Crippen LogP contribution is -3.00. The van der Waals surface area contributed by atoms with Crippen molar-refractivity contribution in [3.8, 4) is 0 Å². The van der Waals surface area contributed by atoms with Crippen LogP contribution in [0.2, 0.25) is 0 Å². The summed E-state index contributed by atoms with van der Waals surface area (Å²) in [5.41, 5.74) is 2.00.